The Balaban J connectivity index is 1.80. The molecule has 2 fully saturated rings. The molecule has 0 aromatic heterocycles. The average molecular weight is 370 g/mol. The Kier molecular flexibility index (Phi) is 6.55. The van der Waals surface area contributed by atoms with Crippen LogP contribution in [-0.4, -0.2) is 78.9 Å². The third kappa shape index (κ3) is 7.11. The molecule has 2 aliphatic heterocycles. The lowest BCUT2D eigenvalue weighted by atomic mass is 9.98. The summed E-state index contributed by atoms with van der Waals surface area (Å²) in [4.78, 5) is 28.2. The molecule has 0 aromatic rings. The lowest BCUT2D eigenvalue weighted by Crippen LogP contribution is -2.57. The van der Waals surface area contributed by atoms with Gasteiger partial charge in [0.05, 0.1) is 6.54 Å². The van der Waals surface area contributed by atoms with Crippen molar-refractivity contribution in [3.8, 4) is 0 Å². The van der Waals surface area contributed by atoms with Crippen molar-refractivity contribution in [2.45, 2.75) is 52.7 Å². The third-order valence-corrected chi connectivity index (χ3v) is 4.28. The van der Waals surface area contributed by atoms with Crippen LogP contribution in [0.2, 0.25) is 0 Å². The van der Waals surface area contributed by atoms with E-state index in [2.05, 4.69) is 10.2 Å². The zero-order valence-electron chi connectivity index (χ0n) is 17.1. The minimum absolute atomic E-state index is 0.187. The van der Waals surface area contributed by atoms with Gasteiger partial charge in [-0.3, -0.25) is 9.69 Å². The molecule has 7 nitrogen and oxygen atoms in total. The molecule has 0 unspecified atom stereocenters. The zero-order chi connectivity index (χ0) is 19.5. The fourth-order valence-corrected chi connectivity index (χ4v) is 3.13. The number of carbonyl (C=O) groups is 2. The number of ether oxygens (including phenoxy) is 2. The predicted octanol–water partition coefficient (Wildman–Crippen LogP) is 1.72. The van der Waals surface area contributed by atoms with Gasteiger partial charge in [-0.15, -0.1) is 0 Å². The van der Waals surface area contributed by atoms with Crippen LogP contribution in [0.15, 0.2) is 0 Å². The van der Waals surface area contributed by atoms with Crippen LogP contribution in [0.25, 0.3) is 0 Å². The summed E-state index contributed by atoms with van der Waals surface area (Å²) in [5.41, 5.74) is -0.938. The average Bonchev–Trinajstić information content (AvgIpc) is 2.32. The highest BCUT2D eigenvalue weighted by Gasteiger charge is 2.35. The van der Waals surface area contributed by atoms with Crippen LogP contribution in [0.5, 0.6) is 0 Å². The summed E-state index contributed by atoms with van der Waals surface area (Å²) in [7, 11) is 0. The summed E-state index contributed by atoms with van der Waals surface area (Å²) in [5.74, 6) is 0.769. The number of likely N-dealkylation sites (tertiary alicyclic amines) is 1. The van der Waals surface area contributed by atoms with Gasteiger partial charge in [-0.05, 0) is 47.5 Å². The Morgan fingerprint density at radius 1 is 0.962 bits per heavy atom. The van der Waals surface area contributed by atoms with Crippen molar-refractivity contribution < 1.29 is 19.1 Å². The van der Waals surface area contributed by atoms with E-state index >= 15 is 0 Å². The molecule has 1 amide bonds. The van der Waals surface area contributed by atoms with E-state index in [1.54, 1.807) is 4.90 Å². The fourth-order valence-electron chi connectivity index (χ4n) is 3.13. The lowest BCUT2D eigenvalue weighted by molar-refractivity contribution is -0.156. The number of carbonyl (C=O) groups excluding carboxylic acids is 2. The van der Waals surface area contributed by atoms with Crippen LogP contribution in [0.3, 0.4) is 0 Å². The second-order valence-electron chi connectivity index (χ2n) is 9.56. The van der Waals surface area contributed by atoms with E-state index in [9.17, 15) is 9.59 Å². The molecule has 0 spiro atoms. The summed E-state index contributed by atoms with van der Waals surface area (Å²) < 4.78 is 10.9. The van der Waals surface area contributed by atoms with Gasteiger partial charge in [0, 0.05) is 45.2 Å². The molecule has 2 heterocycles. The maximum absolute atomic E-state index is 12.2. The van der Waals surface area contributed by atoms with E-state index in [4.69, 9.17) is 9.47 Å². The Labute approximate surface area is 157 Å². The number of nitrogens with zero attached hydrogens (tertiary/aromatic N) is 2. The summed E-state index contributed by atoms with van der Waals surface area (Å²) in [6.07, 6.45) is -0.254. The second kappa shape index (κ2) is 8.13. The van der Waals surface area contributed by atoms with E-state index in [0.29, 0.717) is 31.5 Å². The molecule has 0 aliphatic carbocycles. The molecular formula is C19H35N3O4. The normalized spacial score (nSPS) is 19.1. The van der Waals surface area contributed by atoms with E-state index in [-0.39, 0.29) is 12.1 Å². The maximum atomic E-state index is 12.2. The topological polar surface area (TPSA) is 71.1 Å². The molecule has 0 aromatic carbocycles. The van der Waals surface area contributed by atoms with Gasteiger partial charge in [0.2, 0.25) is 0 Å². The van der Waals surface area contributed by atoms with E-state index in [0.717, 1.165) is 26.2 Å². The van der Waals surface area contributed by atoms with Crippen molar-refractivity contribution in [3.63, 3.8) is 0 Å². The molecule has 7 heteroatoms. The zero-order valence-corrected chi connectivity index (χ0v) is 17.1. The van der Waals surface area contributed by atoms with Crippen LogP contribution in [0.1, 0.15) is 41.5 Å². The number of nitrogens with one attached hydrogen (secondary N) is 1. The number of esters is 1. The Bertz CT molecular complexity index is 500. The predicted molar refractivity (Wildman–Crippen MR) is 99.9 cm³/mol. The van der Waals surface area contributed by atoms with Crippen LogP contribution in [-0.2, 0) is 14.3 Å². The van der Waals surface area contributed by atoms with Gasteiger partial charge in [0.15, 0.2) is 0 Å². The van der Waals surface area contributed by atoms with Crippen molar-refractivity contribution in [3.05, 3.63) is 0 Å². The molecule has 0 bridgehead atoms. The molecule has 2 saturated heterocycles. The third-order valence-electron chi connectivity index (χ3n) is 4.28. The standard InChI is InChI=1S/C19H35N3O4/c1-18(2,3)25-16(23)13-21(9-14-7-20-8-14)10-15-11-22(12-15)17(24)26-19(4,5)6/h14-15,20H,7-13H2,1-6H3. The van der Waals surface area contributed by atoms with Crippen molar-refractivity contribution >= 4 is 12.1 Å². The first kappa shape index (κ1) is 21.0. The van der Waals surface area contributed by atoms with Gasteiger partial charge in [0.1, 0.15) is 11.2 Å². The smallest absolute Gasteiger partial charge is 0.410 e. The van der Waals surface area contributed by atoms with Crippen LogP contribution >= 0.6 is 0 Å². The Hall–Kier alpha value is -1.34. The second-order valence-corrected chi connectivity index (χ2v) is 9.56. The van der Waals surface area contributed by atoms with Crippen LogP contribution in [0, 0.1) is 11.8 Å². The highest BCUT2D eigenvalue weighted by atomic mass is 16.6. The number of hydrogen-bond donors (Lipinski definition) is 1. The quantitative estimate of drug-likeness (QED) is 0.719. The maximum Gasteiger partial charge on any atom is 0.410 e. The summed E-state index contributed by atoms with van der Waals surface area (Å²) in [6.45, 7) is 16.6. The first-order chi connectivity index (χ1) is 11.9. The molecule has 150 valence electrons. The van der Waals surface area contributed by atoms with Crippen LogP contribution < -0.4 is 5.32 Å². The van der Waals surface area contributed by atoms with E-state index in [1.807, 2.05) is 41.5 Å². The van der Waals surface area contributed by atoms with Gasteiger partial charge >= 0.3 is 12.1 Å². The highest BCUT2D eigenvalue weighted by molar-refractivity contribution is 5.72. The molecule has 0 radical (unpaired) electrons. The van der Waals surface area contributed by atoms with Crippen molar-refractivity contribution in [2.75, 3.05) is 45.8 Å². The minimum atomic E-state index is -0.470. The SMILES string of the molecule is CC(C)(C)OC(=O)CN(CC1CNC1)CC1CN(C(=O)OC(C)(C)C)C1. The fraction of sp³-hybridized carbons (Fsp3) is 0.895. The minimum Gasteiger partial charge on any atom is -0.459 e. The van der Waals surface area contributed by atoms with E-state index in [1.165, 1.54) is 0 Å². The molecule has 2 aliphatic rings. The number of amides is 1. The lowest BCUT2D eigenvalue weighted by Gasteiger charge is -2.43. The number of hydrogen-bond acceptors (Lipinski definition) is 6. The van der Waals surface area contributed by atoms with E-state index < -0.39 is 11.2 Å². The van der Waals surface area contributed by atoms with Gasteiger partial charge in [-0.1, -0.05) is 0 Å². The molecule has 26 heavy (non-hydrogen) atoms. The summed E-state index contributed by atoms with van der Waals surface area (Å²) in [5, 5.41) is 3.27. The number of rotatable bonds is 6. The van der Waals surface area contributed by atoms with Crippen molar-refractivity contribution in [1.82, 2.24) is 15.1 Å². The molecular weight excluding hydrogens is 334 g/mol. The molecule has 2 rings (SSSR count). The summed E-state index contributed by atoms with van der Waals surface area (Å²) in [6, 6.07) is 0. The van der Waals surface area contributed by atoms with Gasteiger partial charge < -0.3 is 19.7 Å². The Morgan fingerprint density at radius 2 is 1.50 bits per heavy atom. The monoisotopic (exact) mass is 369 g/mol. The van der Waals surface area contributed by atoms with Gasteiger partial charge in [0.25, 0.3) is 0 Å². The first-order valence-corrected chi connectivity index (χ1v) is 9.54. The Morgan fingerprint density at radius 3 is 1.96 bits per heavy atom. The first-order valence-electron chi connectivity index (χ1n) is 9.54. The summed E-state index contributed by atoms with van der Waals surface area (Å²) >= 11 is 0. The largest absolute Gasteiger partial charge is 0.459 e. The van der Waals surface area contributed by atoms with Crippen molar-refractivity contribution in [2.24, 2.45) is 11.8 Å². The van der Waals surface area contributed by atoms with Gasteiger partial charge in [-0.25, -0.2) is 4.79 Å². The highest BCUT2D eigenvalue weighted by Crippen LogP contribution is 2.21. The van der Waals surface area contributed by atoms with Crippen molar-refractivity contribution in [1.29, 1.82) is 0 Å². The van der Waals surface area contributed by atoms with Crippen LogP contribution in [0.4, 0.5) is 4.79 Å². The molecule has 0 saturated carbocycles. The van der Waals surface area contributed by atoms with Gasteiger partial charge in [-0.2, -0.15) is 0 Å². The molecule has 0 atom stereocenters. The molecule has 1 N–H and O–H groups in total.